The summed E-state index contributed by atoms with van der Waals surface area (Å²) in [5.41, 5.74) is 3.42. The third-order valence-electron chi connectivity index (χ3n) is 6.74. The van der Waals surface area contributed by atoms with Crippen LogP contribution in [-0.4, -0.2) is 47.7 Å². The standard InChI is InChI=1S/C26H32N2O4/c1-31-22-7-8-25-23(16-22)20(9-12-27-25)5-2-6-21-10-14-28(17-24(21)26(29)30)13-3-4-19-11-15-32-18-19/h7-9,11-12,15-16,18,21,24H,2-6,10,13-14,17H2,1H3,(H,29,30). The van der Waals surface area contributed by atoms with Crippen LogP contribution in [0.3, 0.4) is 0 Å². The van der Waals surface area contributed by atoms with Gasteiger partial charge in [0.25, 0.3) is 0 Å². The molecule has 1 saturated heterocycles. The molecule has 6 heteroatoms. The van der Waals surface area contributed by atoms with Crippen molar-refractivity contribution in [3.8, 4) is 5.75 Å². The number of aryl methyl sites for hydroxylation is 2. The first-order chi connectivity index (χ1) is 15.6. The maximum atomic E-state index is 12.0. The van der Waals surface area contributed by atoms with Crippen LogP contribution >= 0.6 is 0 Å². The lowest BCUT2D eigenvalue weighted by Crippen LogP contribution is -2.44. The van der Waals surface area contributed by atoms with E-state index in [0.717, 1.165) is 68.3 Å². The van der Waals surface area contributed by atoms with Crippen molar-refractivity contribution in [3.63, 3.8) is 0 Å². The number of carboxylic acids is 1. The summed E-state index contributed by atoms with van der Waals surface area (Å²) in [6.07, 6.45) is 11.1. The summed E-state index contributed by atoms with van der Waals surface area (Å²) in [5, 5.41) is 11.0. The Kier molecular flexibility index (Phi) is 7.43. The summed E-state index contributed by atoms with van der Waals surface area (Å²) >= 11 is 0. The van der Waals surface area contributed by atoms with Gasteiger partial charge in [-0.25, -0.2) is 0 Å². The number of methoxy groups -OCH3 is 1. The molecular formula is C26H32N2O4. The molecule has 1 N–H and O–H groups in total. The number of ether oxygens (including phenoxy) is 1. The van der Waals surface area contributed by atoms with Gasteiger partial charge in [0.2, 0.25) is 0 Å². The second kappa shape index (κ2) is 10.6. The van der Waals surface area contributed by atoms with Crippen LogP contribution in [-0.2, 0) is 17.6 Å². The number of piperidine rings is 1. The lowest BCUT2D eigenvalue weighted by Gasteiger charge is -2.36. The topological polar surface area (TPSA) is 75.8 Å². The molecule has 2 unspecified atom stereocenters. The molecule has 1 aromatic carbocycles. The molecule has 0 radical (unpaired) electrons. The SMILES string of the molecule is COc1ccc2nccc(CCCC3CCN(CCCc4ccoc4)CC3C(=O)O)c2c1. The van der Waals surface area contributed by atoms with Crippen LogP contribution in [0.1, 0.15) is 36.8 Å². The molecule has 0 spiro atoms. The van der Waals surface area contributed by atoms with E-state index < -0.39 is 5.97 Å². The van der Waals surface area contributed by atoms with Crippen molar-refractivity contribution in [1.29, 1.82) is 0 Å². The molecule has 2 aromatic heterocycles. The van der Waals surface area contributed by atoms with Gasteiger partial charge in [0.05, 0.1) is 31.1 Å². The highest BCUT2D eigenvalue weighted by atomic mass is 16.5. The molecule has 0 amide bonds. The van der Waals surface area contributed by atoms with E-state index in [0.29, 0.717) is 6.54 Å². The molecule has 4 rings (SSSR count). The van der Waals surface area contributed by atoms with Crippen LogP contribution in [0.2, 0.25) is 0 Å². The smallest absolute Gasteiger partial charge is 0.308 e. The predicted octanol–water partition coefficient (Wildman–Crippen LogP) is 4.81. The Morgan fingerprint density at radius 3 is 2.94 bits per heavy atom. The van der Waals surface area contributed by atoms with Crippen LogP contribution in [0, 0.1) is 11.8 Å². The first-order valence-corrected chi connectivity index (χ1v) is 11.5. The first-order valence-electron chi connectivity index (χ1n) is 11.5. The molecule has 0 saturated carbocycles. The summed E-state index contributed by atoms with van der Waals surface area (Å²) in [6.45, 7) is 2.57. The van der Waals surface area contributed by atoms with Gasteiger partial charge in [0.15, 0.2) is 0 Å². The number of hydrogen-bond donors (Lipinski definition) is 1. The number of pyridine rings is 1. The molecule has 0 aliphatic carbocycles. The van der Waals surface area contributed by atoms with E-state index in [-0.39, 0.29) is 11.8 Å². The molecule has 6 nitrogen and oxygen atoms in total. The summed E-state index contributed by atoms with van der Waals surface area (Å²) < 4.78 is 10.5. The maximum Gasteiger partial charge on any atom is 0.308 e. The van der Waals surface area contributed by atoms with Gasteiger partial charge in [-0.2, -0.15) is 0 Å². The number of aliphatic carboxylic acids is 1. The zero-order valence-corrected chi connectivity index (χ0v) is 18.7. The number of furan rings is 1. The van der Waals surface area contributed by atoms with Crippen molar-refractivity contribution >= 4 is 16.9 Å². The van der Waals surface area contributed by atoms with Crippen molar-refractivity contribution in [2.75, 3.05) is 26.7 Å². The average molecular weight is 437 g/mol. The number of aromatic nitrogens is 1. The predicted molar refractivity (Wildman–Crippen MR) is 124 cm³/mol. The van der Waals surface area contributed by atoms with Crippen molar-refractivity contribution in [1.82, 2.24) is 9.88 Å². The van der Waals surface area contributed by atoms with E-state index in [1.807, 2.05) is 30.5 Å². The third kappa shape index (κ3) is 5.49. The fourth-order valence-electron chi connectivity index (χ4n) is 4.92. The zero-order valence-electron chi connectivity index (χ0n) is 18.7. The normalized spacial score (nSPS) is 19.3. The number of benzene rings is 1. The van der Waals surface area contributed by atoms with E-state index in [2.05, 4.69) is 16.0 Å². The van der Waals surface area contributed by atoms with Gasteiger partial charge in [-0.1, -0.05) is 0 Å². The summed E-state index contributed by atoms with van der Waals surface area (Å²) in [6, 6.07) is 10.0. The van der Waals surface area contributed by atoms with Gasteiger partial charge in [-0.15, -0.1) is 0 Å². The van der Waals surface area contributed by atoms with E-state index in [4.69, 9.17) is 9.15 Å². The molecular weight excluding hydrogens is 404 g/mol. The lowest BCUT2D eigenvalue weighted by molar-refractivity contribution is -0.146. The molecule has 1 aliphatic heterocycles. The Bertz CT molecular complexity index is 1020. The number of fused-ring (bicyclic) bond motifs is 1. The highest BCUT2D eigenvalue weighted by Gasteiger charge is 2.33. The lowest BCUT2D eigenvalue weighted by atomic mass is 9.81. The van der Waals surface area contributed by atoms with Gasteiger partial charge < -0.3 is 19.2 Å². The largest absolute Gasteiger partial charge is 0.497 e. The maximum absolute atomic E-state index is 12.0. The molecule has 3 heterocycles. The van der Waals surface area contributed by atoms with Gasteiger partial charge in [-0.05, 0) is 99.0 Å². The van der Waals surface area contributed by atoms with Crippen molar-refractivity contribution in [3.05, 3.63) is 60.2 Å². The zero-order chi connectivity index (χ0) is 22.3. The number of nitrogens with zero attached hydrogens (tertiary/aromatic N) is 2. The van der Waals surface area contributed by atoms with Crippen LogP contribution < -0.4 is 4.74 Å². The number of hydrogen-bond acceptors (Lipinski definition) is 5. The Labute approximate surface area is 189 Å². The number of carboxylic acid groups (broad SMARTS) is 1. The number of likely N-dealkylation sites (tertiary alicyclic amines) is 1. The summed E-state index contributed by atoms with van der Waals surface area (Å²) in [7, 11) is 1.67. The minimum Gasteiger partial charge on any atom is -0.497 e. The molecule has 1 aliphatic rings. The molecule has 3 aromatic rings. The molecule has 2 atom stereocenters. The Balaban J connectivity index is 1.30. The van der Waals surface area contributed by atoms with Gasteiger partial charge in [0.1, 0.15) is 5.75 Å². The Morgan fingerprint density at radius 1 is 1.25 bits per heavy atom. The van der Waals surface area contributed by atoms with Gasteiger partial charge in [0, 0.05) is 18.1 Å². The quantitative estimate of drug-likeness (QED) is 0.491. The second-order valence-electron chi connectivity index (χ2n) is 8.77. The fraction of sp³-hybridized carbons (Fsp3) is 0.462. The van der Waals surface area contributed by atoms with E-state index >= 15 is 0 Å². The molecule has 32 heavy (non-hydrogen) atoms. The Hall–Kier alpha value is -2.86. The minimum atomic E-state index is -0.659. The van der Waals surface area contributed by atoms with E-state index in [9.17, 15) is 9.90 Å². The number of rotatable bonds is 10. The average Bonchev–Trinajstić information content (AvgIpc) is 3.33. The van der Waals surface area contributed by atoms with Crippen LogP contribution in [0.5, 0.6) is 5.75 Å². The monoisotopic (exact) mass is 436 g/mol. The summed E-state index contributed by atoms with van der Waals surface area (Å²) in [5.74, 6) is 0.124. The van der Waals surface area contributed by atoms with Gasteiger partial charge >= 0.3 is 5.97 Å². The van der Waals surface area contributed by atoms with Gasteiger partial charge in [-0.3, -0.25) is 9.78 Å². The highest BCUT2D eigenvalue weighted by molar-refractivity contribution is 5.83. The number of carbonyl (C=O) groups is 1. The second-order valence-corrected chi connectivity index (χ2v) is 8.77. The van der Waals surface area contributed by atoms with E-state index in [1.54, 1.807) is 19.6 Å². The molecule has 0 bridgehead atoms. The molecule has 1 fully saturated rings. The fourth-order valence-corrected chi connectivity index (χ4v) is 4.92. The first kappa shape index (κ1) is 22.3. The highest BCUT2D eigenvalue weighted by Crippen LogP contribution is 2.30. The third-order valence-corrected chi connectivity index (χ3v) is 6.74. The Morgan fingerprint density at radius 2 is 2.16 bits per heavy atom. The van der Waals surface area contributed by atoms with Crippen LogP contribution in [0.25, 0.3) is 10.9 Å². The van der Waals surface area contributed by atoms with E-state index in [1.165, 1.54) is 11.1 Å². The van der Waals surface area contributed by atoms with Crippen LogP contribution in [0.15, 0.2) is 53.5 Å². The minimum absolute atomic E-state index is 0.236. The van der Waals surface area contributed by atoms with Crippen molar-refractivity contribution < 1.29 is 19.1 Å². The molecule has 170 valence electrons. The summed E-state index contributed by atoms with van der Waals surface area (Å²) in [4.78, 5) is 18.8. The van der Waals surface area contributed by atoms with Crippen molar-refractivity contribution in [2.45, 2.75) is 38.5 Å². The van der Waals surface area contributed by atoms with Crippen molar-refractivity contribution in [2.24, 2.45) is 11.8 Å². The van der Waals surface area contributed by atoms with Crippen LogP contribution in [0.4, 0.5) is 0 Å².